The van der Waals surface area contributed by atoms with E-state index in [-0.39, 0.29) is 63.3 Å². The highest BCUT2D eigenvalue weighted by atomic mass is 32.1. The number of rotatable bonds is 7. The molecule has 62 heavy (non-hydrogen) atoms. The zero-order valence-electron chi connectivity index (χ0n) is 44.7. The molecule has 0 aliphatic heterocycles. The van der Waals surface area contributed by atoms with Gasteiger partial charge in [0.15, 0.2) is 17.5 Å². The summed E-state index contributed by atoms with van der Waals surface area (Å²) in [7, 11) is 0. The molecule has 0 saturated heterocycles. The predicted molar refractivity (Wildman–Crippen MR) is 257 cm³/mol. The molecular formula is C58H37N3S. The fraction of sp³-hybridized carbons (Fsp3) is 0.0172. The zero-order valence-corrected chi connectivity index (χ0v) is 33.5. The fourth-order valence-electron chi connectivity index (χ4n) is 8.93. The third-order valence-electron chi connectivity index (χ3n) is 11.7. The molecule has 3 nitrogen and oxygen atoms in total. The fourth-order valence-corrected chi connectivity index (χ4v) is 10.0. The first-order chi connectivity index (χ1) is 35.7. The first-order valence-corrected chi connectivity index (χ1v) is 20.9. The number of hydrogen-bond donors (Lipinski definition) is 0. The highest BCUT2D eigenvalue weighted by Gasteiger charge is 2.47. The quantitative estimate of drug-likeness (QED) is 0.161. The molecule has 0 atom stereocenters. The van der Waals surface area contributed by atoms with Gasteiger partial charge in [0.05, 0.1) is 21.9 Å². The largest absolute Gasteiger partial charge is 0.208 e. The van der Waals surface area contributed by atoms with E-state index in [1.165, 1.54) is 0 Å². The Balaban J connectivity index is 1.06. The zero-order chi connectivity index (χ0) is 51.5. The van der Waals surface area contributed by atoms with Crippen LogP contribution in [-0.2, 0) is 5.41 Å². The van der Waals surface area contributed by atoms with E-state index < -0.39 is 35.6 Å². The third-order valence-corrected chi connectivity index (χ3v) is 12.8. The molecular weight excluding hydrogens is 771 g/mol. The average molecular weight is 820 g/mol. The molecule has 0 bridgehead atoms. The molecule has 9 aromatic carbocycles. The summed E-state index contributed by atoms with van der Waals surface area (Å²) >= 11 is 1.07. The van der Waals surface area contributed by atoms with E-state index >= 15 is 0 Å². The lowest BCUT2D eigenvalue weighted by Gasteiger charge is -2.33. The number of hydrogen-bond acceptors (Lipinski definition) is 4. The average Bonchev–Trinajstić information content (AvgIpc) is 4.01. The Labute approximate surface area is 381 Å². The monoisotopic (exact) mass is 819 g/mol. The van der Waals surface area contributed by atoms with Crippen molar-refractivity contribution in [2.45, 2.75) is 5.41 Å². The predicted octanol–water partition coefficient (Wildman–Crippen LogP) is 14.9. The number of benzene rings is 9. The molecule has 0 saturated carbocycles. The molecule has 2 aromatic heterocycles. The van der Waals surface area contributed by atoms with Crippen LogP contribution in [0.15, 0.2) is 224 Å². The molecule has 11 aromatic rings. The summed E-state index contributed by atoms with van der Waals surface area (Å²) in [5, 5.41) is 0.348. The van der Waals surface area contributed by atoms with Crippen molar-refractivity contribution < 1.29 is 16.4 Å². The summed E-state index contributed by atoms with van der Waals surface area (Å²) in [6.45, 7) is 0. The van der Waals surface area contributed by atoms with Crippen molar-refractivity contribution in [3.05, 3.63) is 246 Å². The molecule has 1 aliphatic carbocycles. The lowest BCUT2D eigenvalue weighted by Crippen LogP contribution is -2.28. The van der Waals surface area contributed by atoms with Gasteiger partial charge in [-0.25, -0.2) is 15.0 Å². The molecule has 0 fully saturated rings. The maximum Gasteiger partial charge on any atom is 0.164 e. The van der Waals surface area contributed by atoms with Crippen LogP contribution >= 0.6 is 11.3 Å². The van der Waals surface area contributed by atoms with Crippen molar-refractivity contribution in [2.75, 3.05) is 0 Å². The topological polar surface area (TPSA) is 38.7 Å². The highest BCUT2D eigenvalue weighted by molar-refractivity contribution is 7.26. The van der Waals surface area contributed by atoms with Crippen LogP contribution in [0.2, 0.25) is 0 Å². The Kier molecular flexibility index (Phi) is 6.12. The Morgan fingerprint density at radius 2 is 0.919 bits per heavy atom. The first-order valence-electron chi connectivity index (χ1n) is 26.0. The first kappa shape index (κ1) is 25.7. The maximum atomic E-state index is 9.11. The lowest BCUT2D eigenvalue weighted by molar-refractivity contribution is 0.768. The second kappa shape index (κ2) is 14.7. The van der Waals surface area contributed by atoms with Gasteiger partial charge in [-0.3, -0.25) is 0 Å². The van der Waals surface area contributed by atoms with Crippen LogP contribution < -0.4 is 0 Å². The van der Waals surface area contributed by atoms with E-state index in [0.29, 0.717) is 50.0 Å². The van der Waals surface area contributed by atoms with Gasteiger partial charge in [-0.2, -0.15) is 0 Å². The van der Waals surface area contributed by atoms with Gasteiger partial charge in [0, 0.05) is 36.9 Å². The molecule has 0 N–H and O–H groups in total. The van der Waals surface area contributed by atoms with Crippen molar-refractivity contribution in [3.63, 3.8) is 0 Å². The van der Waals surface area contributed by atoms with E-state index in [1.807, 2.05) is 30.3 Å². The molecule has 0 amide bonds. The van der Waals surface area contributed by atoms with Gasteiger partial charge in [-0.05, 0) is 61.7 Å². The minimum absolute atomic E-state index is 0.0692. The van der Waals surface area contributed by atoms with Crippen LogP contribution in [-0.4, -0.2) is 15.0 Å². The van der Waals surface area contributed by atoms with Gasteiger partial charge in [-0.1, -0.05) is 218 Å². The SMILES string of the molecule is [2H]c1c([2H])c([2H])c(-c2ccc(-c3nc(-c4ccc(-c5c([2H])c([2H])c([2H])c6c5sc5c([2H])c([2H])c([2H])c([2H])c56)cc4)nc(-c4cccc5c4-c4ccccc4C5(c4ccccc4)c4ccccc4)n3)cc2)c([2H])c1[2H]. The van der Waals surface area contributed by atoms with Crippen molar-refractivity contribution >= 4 is 31.5 Å². The lowest BCUT2D eigenvalue weighted by atomic mass is 9.67. The number of nitrogens with zero attached hydrogens (tertiary/aromatic N) is 3. The molecule has 12 rings (SSSR count). The minimum Gasteiger partial charge on any atom is -0.208 e. The van der Waals surface area contributed by atoms with Crippen molar-refractivity contribution in [1.82, 2.24) is 15.0 Å². The normalized spacial score (nSPS) is 15.4. The maximum absolute atomic E-state index is 9.11. The van der Waals surface area contributed by atoms with Crippen molar-refractivity contribution in [1.29, 1.82) is 0 Å². The van der Waals surface area contributed by atoms with Crippen LogP contribution in [0.3, 0.4) is 0 Å². The molecule has 4 heteroatoms. The molecule has 0 spiro atoms. The van der Waals surface area contributed by atoms with E-state index in [0.717, 1.165) is 50.3 Å². The van der Waals surface area contributed by atoms with Gasteiger partial charge in [0.1, 0.15) is 0 Å². The summed E-state index contributed by atoms with van der Waals surface area (Å²) in [5.74, 6) is 0.975. The van der Waals surface area contributed by atoms with Crippen LogP contribution in [0.25, 0.3) is 87.7 Å². The summed E-state index contributed by atoms with van der Waals surface area (Å²) in [4.78, 5) is 15.5. The second-order valence-electron chi connectivity index (χ2n) is 15.0. The number of fused-ring (bicyclic) bond motifs is 6. The Morgan fingerprint density at radius 3 is 1.63 bits per heavy atom. The van der Waals surface area contributed by atoms with Gasteiger partial charge in [-0.15, -0.1) is 11.3 Å². The van der Waals surface area contributed by atoms with Crippen LogP contribution in [0, 0.1) is 0 Å². The molecule has 2 heterocycles. The van der Waals surface area contributed by atoms with E-state index in [1.54, 1.807) is 48.5 Å². The summed E-state index contributed by atoms with van der Waals surface area (Å²) in [5.41, 5.74) is 8.80. The van der Waals surface area contributed by atoms with Gasteiger partial charge >= 0.3 is 0 Å². The highest BCUT2D eigenvalue weighted by Crippen LogP contribution is 2.58. The smallest absolute Gasteiger partial charge is 0.164 e. The molecule has 1 aliphatic rings. The van der Waals surface area contributed by atoms with Crippen molar-refractivity contribution in [2.24, 2.45) is 0 Å². The Morgan fingerprint density at radius 1 is 0.371 bits per heavy atom. The van der Waals surface area contributed by atoms with E-state index in [4.69, 9.17) is 31.4 Å². The van der Waals surface area contributed by atoms with Crippen LogP contribution in [0.1, 0.15) is 38.7 Å². The number of thiophene rings is 1. The second-order valence-corrected chi connectivity index (χ2v) is 16.0. The Hall–Kier alpha value is -7.79. The molecule has 0 unspecified atom stereocenters. The summed E-state index contributed by atoms with van der Waals surface area (Å²) < 4.78 is 104. The van der Waals surface area contributed by atoms with Crippen LogP contribution in [0.4, 0.5) is 0 Å². The Bertz CT molecular complexity index is 4080. The number of aromatic nitrogens is 3. The third kappa shape index (κ3) is 5.76. The summed E-state index contributed by atoms with van der Waals surface area (Å²) in [6.07, 6.45) is 0. The standard InChI is InChI=1S/C58H37N3S/c1-4-16-38(17-5-1)39-30-34-41(35-31-39)55-59-56(42-36-32-40(33-37-42)45-24-14-25-47-46-22-11-13-29-52(46)62-54(45)47)61-57(60-55)49-26-15-28-51-53(49)48-23-10-12-27-50(48)58(51,43-18-6-2-7-19-43)44-20-8-3-9-21-44/h1-37H/i1D,4D,5D,11D,13D,14D,16D,17D,22D,24D,25D,29D. The van der Waals surface area contributed by atoms with Gasteiger partial charge in [0.25, 0.3) is 0 Å². The molecule has 0 radical (unpaired) electrons. The van der Waals surface area contributed by atoms with Crippen molar-refractivity contribution in [3.8, 4) is 67.5 Å². The summed E-state index contributed by atoms with van der Waals surface area (Å²) in [6, 6.07) is 45.2. The van der Waals surface area contributed by atoms with E-state index in [9.17, 15) is 0 Å². The van der Waals surface area contributed by atoms with Gasteiger partial charge in [0.2, 0.25) is 0 Å². The minimum atomic E-state index is -0.705. The van der Waals surface area contributed by atoms with E-state index in [2.05, 4.69) is 72.8 Å². The van der Waals surface area contributed by atoms with Crippen LogP contribution in [0.5, 0.6) is 0 Å². The molecule has 290 valence electrons. The van der Waals surface area contributed by atoms with Gasteiger partial charge < -0.3 is 0 Å².